The smallest absolute Gasteiger partial charge is 0.337 e. The van der Waals surface area contributed by atoms with Crippen molar-refractivity contribution in [3.8, 4) is 11.1 Å². The summed E-state index contributed by atoms with van der Waals surface area (Å²) in [5, 5.41) is 9.24. The lowest BCUT2D eigenvalue weighted by atomic mass is 10.0. The molecule has 0 heterocycles. The van der Waals surface area contributed by atoms with E-state index in [0.29, 0.717) is 0 Å². The van der Waals surface area contributed by atoms with Crippen LogP contribution in [0.5, 0.6) is 0 Å². The molecular formula is C13H8Cl2O2. The Hall–Kier alpha value is -1.51. The molecule has 2 aromatic carbocycles. The van der Waals surface area contributed by atoms with Crippen LogP contribution in [0.2, 0.25) is 10.0 Å². The normalized spacial score (nSPS) is 10.2. The minimum Gasteiger partial charge on any atom is -0.478 e. The lowest BCUT2D eigenvalue weighted by Crippen LogP contribution is -1.98. The summed E-state index contributed by atoms with van der Waals surface area (Å²) in [5.74, 6) is -1.09. The molecule has 86 valence electrons. The molecular weight excluding hydrogens is 259 g/mol. The fourth-order valence-electron chi connectivity index (χ4n) is 1.56. The van der Waals surface area contributed by atoms with E-state index >= 15 is 0 Å². The van der Waals surface area contributed by atoms with Crippen LogP contribution in [0.25, 0.3) is 11.1 Å². The summed E-state index contributed by atoms with van der Waals surface area (Å²) in [5.41, 5.74) is 1.63. The van der Waals surface area contributed by atoms with Crippen LogP contribution in [0.1, 0.15) is 10.4 Å². The van der Waals surface area contributed by atoms with Crippen LogP contribution in [0, 0.1) is 0 Å². The van der Waals surface area contributed by atoms with Crippen molar-refractivity contribution in [2.75, 3.05) is 0 Å². The maximum atomic E-state index is 10.9. The van der Waals surface area contributed by atoms with E-state index in [1.54, 1.807) is 6.07 Å². The number of carboxylic acids is 1. The van der Waals surface area contributed by atoms with Gasteiger partial charge in [-0.25, -0.2) is 4.79 Å². The van der Waals surface area contributed by atoms with Gasteiger partial charge in [-0.1, -0.05) is 59.6 Å². The zero-order valence-corrected chi connectivity index (χ0v) is 10.2. The molecule has 0 fully saturated rings. The number of carboxylic acid groups (broad SMARTS) is 1. The third kappa shape index (κ3) is 2.28. The Kier molecular flexibility index (Phi) is 3.36. The lowest BCUT2D eigenvalue weighted by molar-refractivity contribution is 0.0697. The molecule has 0 aliphatic heterocycles. The van der Waals surface area contributed by atoms with E-state index in [9.17, 15) is 4.79 Å². The quantitative estimate of drug-likeness (QED) is 0.877. The number of rotatable bonds is 2. The maximum Gasteiger partial charge on any atom is 0.337 e. The Bertz CT molecular complexity index is 565. The molecule has 1 N–H and O–H groups in total. The van der Waals surface area contributed by atoms with Gasteiger partial charge in [-0.2, -0.15) is 0 Å². The van der Waals surface area contributed by atoms with Gasteiger partial charge in [-0.3, -0.25) is 0 Å². The first-order chi connectivity index (χ1) is 8.11. The van der Waals surface area contributed by atoms with Gasteiger partial charge in [-0.05, 0) is 11.6 Å². The van der Waals surface area contributed by atoms with Crippen LogP contribution < -0.4 is 0 Å². The van der Waals surface area contributed by atoms with Gasteiger partial charge in [0.05, 0.1) is 15.6 Å². The van der Waals surface area contributed by atoms with E-state index in [4.69, 9.17) is 28.3 Å². The van der Waals surface area contributed by atoms with E-state index in [1.807, 2.05) is 30.3 Å². The zero-order valence-electron chi connectivity index (χ0n) is 8.65. The van der Waals surface area contributed by atoms with Crippen LogP contribution in [-0.2, 0) is 0 Å². The van der Waals surface area contributed by atoms with E-state index in [0.717, 1.165) is 11.1 Å². The molecule has 0 bridgehead atoms. The molecule has 2 aromatic rings. The summed E-state index contributed by atoms with van der Waals surface area (Å²) in [6, 6.07) is 12.5. The van der Waals surface area contributed by atoms with Crippen molar-refractivity contribution in [2.45, 2.75) is 0 Å². The molecule has 4 heteroatoms. The van der Waals surface area contributed by atoms with Gasteiger partial charge in [-0.15, -0.1) is 0 Å². The predicted octanol–water partition coefficient (Wildman–Crippen LogP) is 4.36. The Morgan fingerprint density at radius 1 is 0.941 bits per heavy atom. The highest BCUT2D eigenvalue weighted by molar-refractivity contribution is 6.45. The van der Waals surface area contributed by atoms with Gasteiger partial charge < -0.3 is 5.11 Å². The second-order valence-electron chi connectivity index (χ2n) is 3.46. The van der Waals surface area contributed by atoms with Gasteiger partial charge in [0.15, 0.2) is 0 Å². The Morgan fingerprint density at radius 2 is 1.59 bits per heavy atom. The topological polar surface area (TPSA) is 37.3 Å². The van der Waals surface area contributed by atoms with Crippen LogP contribution in [-0.4, -0.2) is 11.1 Å². The molecule has 0 atom stereocenters. The van der Waals surface area contributed by atoms with Gasteiger partial charge in [0.1, 0.15) is 0 Å². The molecule has 17 heavy (non-hydrogen) atoms. The average molecular weight is 267 g/mol. The average Bonchev–Trinajstić information content (AvgIpc) is 2.33. The lowest BCUT2D eigenvalue weighted by Gasteiger charge is -2.08. The highest BCUT2D eigenvalue weighted by Gasteiger charge is 2.15. The monoisotopic (exact) mass is 266 g/mol. The van der Waals surface area contributed by atoms with Crippen LogP contribution in [0.15, 0.2) is 42.5 Å². The van der Waals surface area contributed by atoms with Crippen molar-refractivity contribution in [1.82, 2.24) is 0 Å². The second kappa shape index (κ2) is 4.78. The van der Waals surface area contributed by atoms with Crippen molar-refractivity contribution in [2.24, 2.45) is 0 Å². The first-order valence-corrected chi connectivity index (χ1v) is 5.63. The highest BCUT2D eigenvalue weighted by Crippen LogP contribution is 2.35. The van der Waals surface area contributed by atoms with Gasteiger partial charge in [0.2, 0.25) is 0 Å². The SMILES string of the molecule is O=C(O)c1ccc(-c2ccccc2)c(Cl)c1Cl. The first kappa shape index (κ1) is 12.0. The molecule has 2 rings (SSSR count). The minimum atomic E-state index is -1.09. The highest BCUT2D eigenvalue weighted by atomic mass is 35.5. The van der Waals surface area contributed by atoms with Gasteiger partial charge >= 0.3 is 5.97 Å². The summed E-state index contributed by atoms with van der Waals surface area (Å²) in [6.07, 6.45) is 0. The Morgan fingerprint density at radius 3 is 2.18 bits per heavy atom. The molecule has 0 aromatic heterocycles. The molecule has 0 saturated heterocycles. The number of aromatic carboxylic acids is 1. The molecule has 0 spiro atoms. The third-order valence-electron chi connectivity index (χ3n) is 2.40. The predicted molar refractivity (Wildman–Crippen MR) is 68.9 cm³/mol. The molecule has 0 amide bonds. The molecule has 0 radical (unpaired) electrons. The van der Waals surface area contributed by atoms with Crippen molar-refractivity contribution in [1.29, 1.82) is 0 Å². The number of carbonyl (C=O) groups is 1. The number of halogens is 2. The molecule has 2 nitrogen and oxygen atoms in total. The zero-order chi connectivity index (χ0) is 12.4. The van der Waals surface area contributed by atoms with E-state index < -0.39 is 5.97 Å². The summed E-state index contributed by atoms with van der Waals surface area (Å²) in [4.78, 5) is 10.9. The summed E-state index contributed by atoms with van der Waals surface area (Å²) >= 11 is 12.0. The Labute approximate surface area is 108 Å². The summed E-state index contributed by atoms with van der Waals surface area (Å²) in [6.45, 7) is 0. The fraction of sp³-hybridized carbons (Fsp3) is 0. The number of hydrogen-bond donors (Lipinski definition) is 1. The second-order valence-corrected chi connectivity index (χ2v) is 4.22. The van der Waals surface area contributed by atoms with Crippen molar-refractivity contribution in [3.63, 3.8) is 0 Å². The maximum absolute atomic E-state index is 10.9. The van der Waals surface area contributed by atoms with Crippen LogP contribution in [0.3, 0.4) is 0 Å². The number of hydrogen-bond acceptors (Lipinski definition) is 1. The van der Waals surface area contributed by atoms with Gasteiger partial charge in [0, 0.05) is 5.56 Å². The molecule has 0 aliphatic rings. The van der Waals surface area contributed by atoms with Crippen LogP contribution >= 0.6 is 23.2 Å². The first-order valence-electron chi connectivity index (χ1n) is 4.88. The van der Waals surface area contributed by atoms with Crippen molar-refractivity contribution < 1.29 is 9.90 Å². The molecule has 0 aliphatic carbocycles. The standard InChI is InChI=1S/C13H8Cl2O2/c14-11-9(8-4-2-1-3-5-8)6-7-10(12(11)15)13(16)17/h1-7H,(H,16,17). The van der Waals surface area contributed by atoms with E-state index in [-0.39, 0.29) is 15.6 Å². The summed E-state index contributed by atoms with van der Waals surface area (Å²) in [7, 11) is 0. The van der Waals surface area contributed by atoms with E-state index in [2.05, 4.69) is 0 Å². The van der Waals surface area contributed by atoms with E-state index in [1.165, 1.54) is 6.07 Å². The van der Waals surface area contributed by atoms with Crippen LogP contribution in [0.4, 0.5) is 0 Å². The minimum absolute atomic E-state index is 0.0105. The fourth-order valence-corrected chi connectivity index (χ4v) is 2.07. The number of benzene rings is 2. The van der Waals surface area contributed by atoms with Gasteiger partial charge in [0.25, 0.3) is 0 Å². The molecule has 0 saturated carbocycles. The largest absolute Gasteiger partial charge is 0.478 e. The van der Waals surface area contributed by atoms with Crippen molar-refractivity contribution in [3.05, 3.63) is 58.1 Å². The Balaban J connectivity index is 2.60. The third-order valence-corrected chi connectivity index (χ3v) is 3.28. The van der Waals surface area contributed by atoms with Crippen molar-refractivity contribution >= 4 is 29.2 Å². The summed E-state index contributed by atoms with van der Waals surface area (Å²) < 4.78 is 0. The molecule has 0 unspecified atom stereocenters.